The molecule has 1 aromatic heterocycles. The van der Waals surface area contributed by atoms with Gasteiger partial charge in [0.25, 0.3) is 0 Å². The average Bonchev–Trinajstić information content (AvgIpc) is 3.42. The second-order valence-corrected chi connectivity index (χ2v) is 13.2. The number of benzene rings is 3. The number of aryl methyl sites for hydroxylation is 1. The molecule has 1 aliphatic rings. The third-order valence-electron chi connectivity index (χ3n) is 6.74. The molecule has 0 amide bonds. The Kier molecular flexibility index (Phi) is 7.52. The van der Waals surface area contributed by atoms with Crippen molar-refractivity contribution < 1.29 is 16.8 Å². The highest BCUT2D eigenvalue weighted by atomic mass is 32.2. The minimum Gasteiger partial charge on any atom is -0.349 e. The molecule has 1 atom stereocenters. The van der Waals surface area contributed by atoms with E-state index in [9.17, 15) is 22.1 Å². The van der Waals surface area contributed by atoms with Crippen molar-refractivity contribution in [1.29, 1.82) is 5.26 Å². The van der Waals surface area contributed by atoms with Crippen molar-refractivity contribution in [2.75, 3.05) is 16.6 Å². The Balaban J connectivity index is 1.62. The lowest BCUT2D eigenvalue weighted by atomic mass is 10.1. The lowest BCUT2D eigenvalue weighted by Crippen LogP contribution is -2.47. The molecule has 0 spiro atoms. The van der Waals surface area contributed by atoms with Crippen molar-refractivity contribution in [3.8, 4) is 6.07 Å². The molecule has 0 saturated carbocycles. The van der Waals surface area contributed by atoms with Crippen molar-refractivity contribution in [3.05, 3.63) is 114 Å². The molecule has 3 aromatic carbocycles. The number of H-pyrrole nitrogens is 1. The highest BCUT2D eigenvalue weighted by Crippen LogP contribution is 2.34. The fourth-order valence-electron chi connectivity index (χ4n) is 4.80. The van der Waals surface area contributed by atoms with Crippen LogP contribution in [0.15, 0.2) is 96.2 Å². The number of hydrogen-bond donors (Lipinski definition) is 1. The maximum absolute atomic E-state index is 14.0. The van der Waals surface area contributed by atoms with E-state index in [2.05, 4.69) is 16.0 Å². The Bertz CT molecular complexity index is 1690. The highest BCUT2D eigenvalue weighted by molar-refractivity contribution is 7.92. The van der Waals surface area contributed by atoms with Gasteiger partial charge in [-0.3, -0.25) is 4.31 Å². The molecular formula is C28H27N5O4S2. The molecular weight excluding hydrogens is 534 g/mol. The predicted molar refractivity (Wildman–Crippen MR) is 148 cm³/mol. The maximum Gasteiger partial charge on any atom is 0.243 e. The Morgan fingerprint density at radius 3 is 2.36 bits per heavy atom. The molecule has 39 heavy (non-hydrogen) atoms. The number of nitrogens with zero attached hydrogens (tertiary/aromatic N) is 4. The fraction of sp³-hybridized carbons (Fsp3) is 0.214. The zero-order valence-electron chi connectivity index (χ0n) is 21.0. The molecule has 1 aliphatic heterocycles. The third kappa shape index (κ3) is 5.73. The minimum atomic E-state index is -4.02. The molecule has 2 heterocycles. The normalized spacial score (nSPS) is 16.3. The second kappa shape index (κ2) is 11.0. The summed E-state index contributed by atoms with van der Waals surface area (Å²) in [5.74, 6) is 0.325. The Morgan fingerprint density at radius 2 is 1.69 bits per heavy atom. The Morgan fingerprint density at radius 1 is 0.974 bits per heavy atom. The van der Waals surface area contributed by atoms with E-state index in [-0.39, 0.29) is 30.2 Å². The summed E-state index contributed by atoms with van der Waals surface area (Å²) in [6.45, 7) is -0.163. The van der Waals surface area contributed by atoms with Crippen molar-refractivity contribution in [3.63, 3.8) is 0 Å². The van der Waals surface area contributed by atoms with E-state index in [4.69, 9.17) is 0 Å². The van der Waals surface area contributed by atoms with Crippen molar-refractivity contribution in [1.82, 2.24) is 14.3 Å². The minimum absolute atomic E-state index is 0.0796. The lowest BCUT2D eigenvalue weighted by Gasteiger charge is -2.32. The van der Waals surface area contributed by atoms with E-state index in [1.807, 2.05) is 30.3 Å². The first-order valence-corrected chi connectivity index (χ1v) is 15.5. The summed E-state index contributed by atoms with van der Waals surface area (Å²) < 4.78 is 58.4. The van der Waals surface area contributed by atoms with Crippen LogP contribution >= 0.6 is 0 Å². The van der Waals surface area contributed by atoms with Gasteiger partial charge in [-0.1, -0.05) is 48.5 Å². The molecule has 5 rings (SSSR count). The van der Waals surface area contributed by atoms with E-state index in [0.29, 0.717) is 29.1 Å². The summed E-state index contributed by atoms with van der Waals surface area (Å²) in [6.07, 6.45) is 3.67. The van der Waals surface area contributed by atoms with E-state index >= 15 is 0 Å². The number of anilines is 1. The molecule has 0 saturated heterocycles. The van der Waals surface area contributed by atoms with Gasteiger partial charge in [0.15, 0.2) is 0 Å². The van der Waals surface area contributed by atoms with Crippen molar-refractivity contribution in [2.45, 2.75) is 30.3 Å². The number of nitrogens with one attached hydrogen (secondary N) is 1. The fourth-order valence-corrected chi connectivity index (χ4v) is 7.96. The SMILES string of the molecule is N#Cc1ccc2c(c1)CN(S(=O)(=O)c1ccccc1)[C@H](Cc1ccccc1)CN2S(=O)(=O)CCc1ncc[nH]1. The number of imidazole rings is 1. The van der Waals surface area contributed by atoms with E-state index in [0.717, 1.165) is 5.56 Å². The zero-order chi connectivity index (χ0) is 27.5. The van der Waals surface area contributed by atoms with Crippen LogP contribution < -0.4 is 4.31 Å². The van der Waals surface area contributed by atoms with Crippen LogP contribution in [0.5, 0.6) is 0 Å². The molecule has 1 N–H and O–H groups in total. The van der Waals surface area contributed by atoms with Crippen LogP contribution in [0.3, 0.4) is 0 Å². The van der Waals surface area contributed by atoms with Crippen molar-refractivity contribution >= 4 is 25.7 Å². The summed E-state index contributed by atoms with van der Waals surface area (Å²) in [5, 5.41) is 9.55. The Hall–Kier alpha value is -3.98. The summed E-state index contributed by atoms with van der Waals surface area (Å²) in [6, 6.07) is 23.6. The van der Waals surface area contributed by atoms with Crippen LogP contribution in [-0.2, 0) is 39.4 Å². The van der Waals surface area contributed by atoms with Gasteiger partial charge in [-0.25, -0.2) is 21.8 Å². The summed E-state index contributed by atoms with van der Waals surface area (Å²) in [5.41, 5.74) is 2.02. The van der Waals surface area contributed by atoms with Crippen LogP contribution in [0.25, 0.3) is 0 Å². The topological polar surface area (TPSA) is 127 Å². The van der Waals surface area contributed by atoms with Gasteiger partial charge in [-0.05, 0) is 47.9 Å². The molecule has 0 fully saturated rings. The quantitative estimate of drug-likeness (QED) is 0.351. The molecule has 9 nitrogen and oxygen atoms in total. The first kappa shape index (κ1) is 26.6. The molecule has 0 bridgehead atoms. The first-order valence-electron chi connectivity index (χ1n) is 12.4. The summed E-state index contributed by atoms with van der Waals surface area (Å²) in [4.78, 5) is 7.19. The van der Waals surface area contributed by atoms with Crippen LogP contribution in [0.1, 0.15) is 22.5 Å². The number of aromatic nitrogens is 2. The van der Waals surface area contributed by atoms with Gasteiger partial charge in [0.2, 0.25) is 20.0 Å². The number of nitriles is 1. The van der Waals surface area contributed by atoms with Crippen LogP contribution in [0.4, 0.5) is 5.69 Å². The van der Waals surface area contributed by atoms with Gasteiger partial charge in [0, 0.05) is 31.4 Å². The van der Waals surface area contributed by atoms with E-state index < -0.39 is 26.1 Å². The highest BCUT2D eigenvalue weighted by Gasteiger charge is 2.39. The summed E-state index contributed by atoms with van der Waals surface area (Å²) in [7, 11) is -7.93. The largest absolute Gasteiger partial charge is 0.349 e. The molecule has 0 aliphatic carbocycles. The number of fused-ring (bicyclic) bond motifs is 1. The van der Waals surface area contributed by atoms with Crippen LogP contribution in [0.2, 0.25) is 0 Å². The number of sulfonamides is 2. The van der Waals surface area contributed by atoms with Crippen molar-refractivity contribution in [2.24, 2.45) is 0 Å². The average molecular weight is 562 g/mol. The molecule has 200 valence electrons. The maximum atomic E-state index is 14.0. The first-order chi connectivity index (χ1) is 18.8. The monoisotopic (exact) mass is 561 g/mol. The van der Waals surface area contributed by atoms with Gasteiger partial charge < -0.3 is 4.98 Å². The standard InChI is InChI=1S/C28H27N5O4S2/c29-19-23-11-12-27-24(17-23)20-32(39(36,37)26-9-5-2-6-10-26)25(18-22-7-3-1-4-8-22)21-33(27)38(34,35)16-13-28-30-14-15-31-28/h1-12,14-15,17,25H,13,16,18,20-21H2,(H,30,31)/t25-/m1/s1. The Labute approximate surface area is 228 Å². The number of aromatic amines is 1. The van der Waals surface area contributed by atoms with Gasteiger partial charge in [-0.2, -0.15) is 9.57 Å². The molecule has 0 radical (unpaired) electrons. The van der Waals surface area contributed by atoms with E-state index in [1.165, 1.54) is 20.7 Å². The van der Waals surface area contributed by atoms with Gasteiger partial charge >= 0.3 is 0 Å². The lowest BCUT2D eigenvalue weighted by molar-refractivity contribution is 0.322. The molecule has 11 heteroatoms. The smallest absolute Gasteiger partial charge is 0.243 e. The zero-order valence-corrected chi connectivity index (χ0v) is 22.6. The van der Waals surface area contributed by atoms with Crippen LogP contribution in [0, 0.1) is 11.3 Å². The van der Waals surface area contributed by atoms with Gasteiger partial charge in [-0.15, -0.1) is 0 Å². The molecule has 0 unspecified atom stereocenters. The second-order valence-electron chi connectivity index (χ2n) is 9.30. The number of rotatable bonds is 8. The predicted octanol–water partition coefficient (Wildman–Crippen LogP) is 3.48. The third-order valence-corrected chi connectivity index (χ3v) is 10.4. The van der Waals surface area contributed by atoms with Gasteiger partial charge in [0.1, 0.15) is 5.82 Å². The summed E-state index contributed by atoms with van der Waals surface area (Å²) >= 11 is 0. The number of hydrogen-bond acceptors (Lipinski definition) is 6. The van der Waals surface area contributed by atoms with Crippen LogP contribution in [-0.4, -0.2) is 49.4 Å². The molecule has 4 aromatic rings. The van der Waals surface area contributed by atoms with Gasteiger partial charge in [0.05, 0.1) is 34.5 Å². The van der Waals surface area contributed by atoms with E-state index in [1.54, 1.807) is 48.8 Å².